The quantitative estimate of drug-likeness (QED) is 0.527. The van der Waals surface area contributed by atoms with Crippen molar-refractivity contribution in [3.05, 3.63) is 29.0 Å². The zero-order chi connectivity index (χ0) is 18.0. The molecule has 6 nitrogen and oxygen atoms in total. The molecule has 2 aliphatic carbocycles. The molecule has 136 valence electrons. The van der Waals surface area contributed by atoms with Gasteiger partial charge in [0.2, 0.25) is 0 Å². The molecule has 1 saturated carbocycles. The highest BCUT2D eigenvalue weighted by Crippen LogP contribution is 2.52. The van der Waals surface area contributed by atoms with Gasteiger partial charge in [0.05, 0.1) is 24.8 Å². The maximum atomic E-state index is 10.6. The highest BCUT2D eigenvalue weighted by molar-refractivity contribution is 5.96. The van der Waals surface area contributed by atoms with E-state index >= 15 is 0 Å². The number of fused-ring (bicyclic) bond motifs is 1. The average molecular weight is 346 g/mol. The fourth-order valence-electron chi connectivity index (χ4n) is 3.80. The van der Waals surface area contributed by atoms with Crippen LogP contribution < -0.4 is 0 Å². The number of oxazole rings is 1. The number of allylic oxidation sites excluding steroid dienone is 1. The SMILES string of the molecule is Cc1nc(CCOC2CC=C(CCC(=N)CC(=O)O)C3CC23)c(C)o1. The number of ether oxygens (including phenoxy) is 1. The number of nitrogens with zero attached hydrogens (tertiary/aromatic N) is 1. The summed E-state index contributed by atoms with van der Waals surface area (Å²) in [4.78, 5) is 15.0. The van der Waals surface area contributed by atoms with Crippen LogP contribution in [0.25, 0.3) is 0 Å². The van der Waals surface area contributed by atoms with Crippen molar-refractivity contribution >= 4 is 11.7 Å². The Morgan fingerprint density at radius 3 is 2.92 bits per heavy atom. The first-order chi connectivity index (χ1) is 11.9. The first-order valence-electron chi connectivity index (χ1n) is 8.95. The monoisotopic (exact) mass is 346 g/mol. The molecule has 25 heavy (non-hydrogen) atoms. The van der Waals surface area contributed by atoms with Gasteiger partial charge in [-0.25, -0.2) is 4.98 Å². The Labute approximate surface area is 147 Å². The minimum atomic E-state index is -0.919. The van der Waals surface area contributed by atoms with E-state index in [2.05, 4.69) is 11.1 Å². The smallest absolute Gasteiger partial charge is 0.309 e. The van der Waals surface area contributed by atoms with Crippen LogP contribution in [0.1, 0.15) is 49.4 Å². The first kappa shape index (κ1) is 17.9. The lowest BCUT2D eigenvalue weighted by Gasteiger charge is -2.22. The standard InChI is InChI=1S/C19H26N2O4/c1-11-17(21-12(2)25-11)7-8-24-18-6-4-13(15-10-16(15)18)3-5-14(20)9-19(22)23/h4,15-16,18,20H,3,5-10H2,1-2H3,(H,22,23). The fraction of sp³-hybridized carbons (Fsp3) is 0.632. The molecule has 3 rings (SSSR count). The number of carboxylic acids is 1. The molecule has 0 radical (unpaired) electrons. The second-order valence-electron chi connectivity index (χ2n) is 7.09. The van der Waals surface area contributed by atoms with Crippen molar-refractivity contribution in [3.8, 4) is 0 Å². The summed E-state index contributed by atoms with van der Waals surface area (Å²) >= 11 is 0. The summed E-state index contributed by atoms with van der Waals surface area (Å²) in [5.41, 5.74) is 2.68. The highest BCUT2D eigenvalue weighted by Gasteiger charge is 2.47. The summed E-state index contributed by atoms with van der Waals surface area (Å²) in [6.07, 6.45) is 6.60. The Morgan fingerprint density at radius 2 is 2.24 bits per heavy atom. The Bertz CT molecular complexity index is 692. The van der Waals surface area contributed by atoms with E-state index in [0.29, 0.717) is 36.5 Å². The number of hydrogen-bond acceptors (Lipinski definition) is 5. The molecule has 2 aliphatic rings. The van der Waals surface area contributed by atoms with Crippen LogP contribution in [0.15, 0.2) is 16.1 Å². The average Bonchev–Trinajstić information content (AvgIpc) is 3.26. The van der Waals surface area contributed by atoms with Crippen molar-refractivity contribution in [1.82, 2.24) is 4.98 Å². The van der Waals surface area contributed by atoms with Crippen LogP contribution in [0.2, 0.25) is 0 Å². The normalized spacial score (nSPS) is 24.6. The maximum absolute atomic E-state index is 10.6. The molecule has 0 aromatic carbocycles. The third-order valence-electron chi connectivity index (χ3n) is 5.16. The van der Waals surface area contributed by atoms with E-state index in [4.69, 9.17) is 19.7 Å². The van der Waals surface area contributed by atoms with E-state index in [0.717, 1.165) is 37.1 Å². The predicted molar refractivity (Wildman–Crippen MR) is 92.9 cm³/mol. The molecule has 1 aromatic rings. The summed E-state index contributed by atoms with van der Waals surface area (Å²) in [6, 6.07) is 0. The maximum Gasteiger partial charge on any atom is 0.309 e. The second-order valence-corrected chi connectivity index (χ2v) is 7.09. The number of carboxylic acid groups (broad SMARTS) is 1. The first-order valence-corrected chi connectivity index (χ1v) is 8.95. The number of rotatable bonds is 9. The zero-order valence-corrected chi connectivity index (χ0v) is 14.9. The van der Waals surface area contributed by atoms with Gasteiger partial charge in [0.1, 0.15) is 5.76 Å². The molecule has 0 bridgehead atoms. The van der Waals surface area contributed by atoms with Gasteiger partial charge in [0, 0.05) is 19.1 Å². The summed E-state index contributed by atoms with van der Waals surface area (Å²) in [7, 11) is 0. The van der Waals surface area contributed by atoms with Crippen molar-refractivity contribution in [2.45, 2.75) is 58.5 Å². The summed E-state index contributed by atoms with van der Waals surface area (Å²) < 4.78 is 11.5. The van der Waals surface area contributed by atoms with E-state index < -0.39 is 5.97 Å². The van der Waals surface area contributed by atoms with E-state index in [1.165, 1.54) is 5.57 Å². The van der Waals surface area contributed by atoms with Gasteiger partial charge in [0.15, 0.2) is 5.89 Å². The van der Waals surface area contributed by atoms with Crippen molar-refractivity contribution in [1.29, 1.82) is 5.41 Å². The van der Waals surface area contributed by atoms with Crippen LogP contribution in [0, 0.1) is 31.1 Å². The molecule has 1 aromatic heterocycles. The number of aryl methyl sites for hydroxylation is 2. The largest absolute Gasteiger partial charge is 0.481 e. The number of nitrogens with one attached hydrogen (secondary N) is 1. The second kappa shape index (κ2) is 7.52. The molecule has 0 spiro atoms. The van der Waals surface area contributed by atoms with Gasteiger partial charge in [-0.3, -0.25) is 4.79 Å². The van der Waals surface area contributed by atoms with Crippen LogP contribution in [-0.2, 0) is 16.0 Å². The molecule has 3 atom stereocenters. The Kier molecular flexibility index (Phi) is 5.37. The molecule has 0 aliphatic heterocycles. The lowest BCUT2D eigenvalue weighted by Crippen LogP contribution is -2.21. The molecule has 0 amide bonds. The topological polar surface area (TPSA) is 96.4 Å². The van der Waals surface area contributed by atoms with E-state index in [9.17, 15) is 4.79 Å². The fourth-order valence-corrected chi connectivity index (χ4v) is 3.80. The van der Waals surface area contributed by atoms with Crippen molar-refractivity contribution in [2.75, 3.05) is 6.61 Å². The third kappa shape index (κ3) is 4.57. The van der Waals surface area contributed by atoms with Crippen molar-refractivity contribution in [2.24, 2.45) is 11.8 Å². The van der Waals surface area contributed by atoms with Gasteiger partial charge >= 0.3 is 5.97 Å². The van der Waals surface area contributed by atoms with Crippen molar-refractivity contribution in [3.63, 3.8) is 0 Å². The molecule has 0 saturated heterocycles. The van der Waals surface area contributed by atoms with Gasteiger partial charge in [-0.1, -0.05) is 11.6 Å². The van der Waals surface area contributed by atoms with Crippen molar-refractivity contribution < 1.29 is 19.1 Å². The Balaban J connectivity index is 1.42. The summed E-state index contributed by atoms with van der Waals surface area (Å²) in [5.74, 6) is 1.83. The number of hydrogen-bond donors (Lipinski definition) is 2. The third-order valence-corrected chi connectivity index (χ3v) is 5.16. The minimum Gasteiger partial charge on any atom is -0.481 e. The van der Waals surface area contributed by atoms with Crippen LogP contribution in [0.3, 0.4) is 0 Å². The van der Waals surface area contributed by atoms with Crippen LogP contribution in [0.5, 0.6) is 0 Å². The van der Waals surface area contributed by atoms with Gasteiger partial charge in [0.25, 0.3) is 0 Å². The highest BCUT2D eigenvalue weighted by atomic mass is 16.5. The molecule has 2 N–H and O–H groups in total. The molecule has 6 heteroatoms. The molecular weight excluding hydrogens is 320 g/mol. The summed E-state index contributed by atoms with van der Waals surface area (Å²) in [5, 5.41) is 16.4. The van der Waals surface area contributed by atoms with E-state index in [1.807, 2.05) is 13.8 Å². The predicted octanol–water partition coefficient (Wildman–Crippen LogP) is 3.46. The van der Waals surface area contributed by atoms with Gasteiger partial charge < -0.3 is 19.7 Å². The number of aromatic nitrogens is 1. The molecule has 3 unspecified atom stereocenters. The lowest BCUT2D eigenvalue weighted by atomic mass is 9.93. The van der Waals surface area contributed by atoms with Gasteiger partial charge in [-0.2, -0.15) is 0 Å². The van der Waals surface area contributed by atoms with Gasteiger partial charge in [-0.05, 0) is 44.4 Å². The van der Waals surface area contributed by atoms with Gasteiger partial charge in [-0.15, -0.1) is 0 Å². The lowest BCUT2D eigenvalue weighted by molar-refractivity contribution is -0.135. The molecule has 1 heterocycles. The summed E-state index contributed by atoms with van der Waals surface area (Å²) in [6.45, 7) is 4.45. The zero-order valence-electron chi connectivity index (χ0n) is 14.9. The van der Waals surface area contributed by atoms with Crippen LogP contribution in [-0.4, -0.2) is 34.5 Å². The Hall–Kier alpha value is -1.95. The van der Waals surface area contributed by atoms with Crippen LogP contribution >= 0.6 is 0 Å². The molecule has 1 fully saturated rings. The minimum absolute atomic E-state index is 0.145. The van der Waals surface area contributed by atoms with E-state index in [1.54, 1.807) is 0 Å². The van der Waals surface area contributed by atoms with E-state index in [-0.39, 0.29) is 12.5 Å². The number of carbonyl (C=O) groups is 1. The number of aliphatic carboxylic acids is 1. The molecular formula is C19H26N2O4. The Morgan fingerprint density at radius 1 is 1.44 bits per heavy atom. The van der Waals surface area contributed by atoms with Crippen LogP contribution in [0.4, 0.5) is 0 Å².